The van der Waals surface area contributed by atoms with E-state index in [1.807, 2.05) is 39.8 Å². The highest BCUT2D eigenvalue weighted by Gasteiger charge is 2.11. The number of ether oxygens (including phenoxy) is 1. The summed E-state index contributed by atoms with van der Waals surface area (Å²) in [6.07, 6.45) is 0. The fourth-order valence-corrected chi connectivity index (χ4v) is 1.97. The Hall–Kier alpha value is -2.28. The first-order valence-electron chi connectivity index (χ1n) is 5.73. The van der Waals surface area contributed by atoms with Crippen molar-refractivity contribution in [3.63, 3.8) is 0 Å². The average Bonchev–Trinajstić information content (AvgIpc) is 2.60. The summed E-state index contributed by atoms with van der Waals surface area (Å²) in [7, 11) is 0. The number of rotatable bonds is 2. The molecule has 0 bridgehead atoms. The Kier molecular flexibility index (Phi) is 3.07. The van der Waals surface area contributed by atoms with Gasteiger partial charge in [-0.05, 0) is 51.0 Å². The van der Waals surface area contributed by atoms with Crippen LogP contribution in [0.15, 0.2) is 12.1 Å². The van der Waals surface area contributed by atoms with Gasteiger partial charge in [-0.3, -0.25) is 5.10 Å². The zero-order valence-corrected chi connectivity index (χ0v) is 11.0. The molecule has 0 saturated heterocycles. The van der Waals surface area contributed by atoms with Gasteiger partial charge in [-0.25, -0.2) is 0 Å². The second kappa shape index (κ2) is 4.53. The SMILES string of the molecule is Cc1cc(Oc2c(C)n[nH]c2C)cc(C)c1C#N. The lowest BCUT2D eigenvalue weighted by atomic mass is 10.0. The van der Waals surface area contributed by atoms with Gasteiger partial charge in [0, 0.05) is 0 Å². The van der Waals surface area contributed by atoms with Crippen molar-refractivity contribution in [1.82, 2.24) is 10.2 Å². The van der Waals surface area contributed by atoms with Gasteiger partial charge >= 0.3 is 0 Å². The first-order valence-corrected chi connectivity index (χ1v) is 5.73. The first kappa shape index (κ1) is 12.2. The number of nitriles is 1. The number of H-pyrrole nitrogens is 1. The monoisotopic (exact) mass is 241 g/mol. The first-order chi connectivity index (χ1) is 8.52. The molecule has 0 saturated carbocycles. The molecule has 0 aliphatic rings. The molecular weight excluding hydrogens is 226 g/mol. The minimum atomic E-state index is 0.711. The number of hydrogen-bond donors (Lipinski definition) is 1. The molecule has 92 valence electrons. The van der Waals surface area contributed by atoms with Gasteiger partial charge in [0.1, 0.15) is 11.4 Å². The lowest BCUT2D eigenvalue weighted by molar-refractivity contribution is 0.474. The number of hydrogen-bond acceptors (Lipinski definition) is 3. The summed E-state index contributed by atoms with van der Waals surface area (Å²) in [5, 5.41) is 16.0. The molecule has 0 aliphatic heterocycles. The highest BCUT2D eigenvalue weighted by atomic mass is 16.5. The molecule has 0 unspecified atom stereocenters. The van der Waals surface area contributed by atoms with E-state index in [4.69, 9.17) is 10.00 Å². The second-order valence-corrected chi connectivity index (χ2v) is 4.41. The summed E-state index contributed by atoms with van der Waals surface area (Å²) in [6, 6.07) is 5.94. The molecule has 4 heteroatoms. The molecule has 0 atom stereocenters. The molecule has 1 aromatic heterocycles. The van der Waals surface area contributed by atoms with Gasteiger partial charge in [-0.1, -0.05) is 0 Å². The number of benzene rings is 1. The molecule has 1 heterocycles. The summed E-state index contributed by atoms with van der Waals surface area (Å²) in [5.74, 6) is 1.48. The standard InChI is InChI=1S/C14H15N3O/c1-8-5-12(6-9(2)13(8)7-15)18-14-10(3)16-17-11(14)4/h5-6H,1-4H3,(H,16,17). The molecule has 1 aromatic carbocycles. The predicted octanol–water partition coefficient (Wildman–Crippen LogP) is 3.31. The zero-order chi connectivity index (χ0) is 13.3. The van der Waals surface area contributed by atoms with E-state index in [9.17, 15) is 0 Å². The Morgan fingerprint density at radius 1 is 1.17 bits per heavy atom. The third kappa shape index (κ3) is 2.07. The van der Waals surface area contributed by atoms with Gasteiger partial charge in [-0.2, -0.15) is 10.4 Å². The molecule has 0 fully saturated rings. The van der Waals surface area contributed by atoms with Crippen LogP contribution in [0, 0.1) is 39.0 Å². The van der Waals surface area contributed by atoms with Crippen molar-refractivity contribution in [3.05, 3.63) is 40.2 Å². The number of aromatic nitrogens is 2. The minimum absolute atomic E-state index is 0.711. The van der Waals surface area contributed by atoms with E-state index < -0.39 is 0 Å². The number of nitrogens with one attached hydrogen (secondary N) is 1. The lowest BCUT2D eigenvalue weighted by Gasteiger charge is -2.09. The van der Waals surface area contributed by atoms with Crippen LogP contribution in [-0.4, -0.2) is 10.2 Å². The molecule has 1 N–H and O–H groups in total. The van der Waals surface area contributed by atoms with Gasteiger partial charge in [0.05, 0.1) is 17.3 Å². The summed E-state index contributed by atoms with van der Waals surface area (Å²) in [6.45, 7) is 7.63. The van der Waals surface area contributed by atoms with Crippen LogP contribution in [0.2, 0.25) is 0 Å². The zero-order valence-electron chi connectivity index (χ0n) is 11.0. The van der Waals surface area contributed by atoms with Crippen molar-refractivity contribution in [2.75, 3.05) is 0 Å². The topological polar surface area (TPSA) is 61.7 Å². The predicted molar refractivity (Wildman–Crippen MR) is 68.8 cm³/mol. The fourth-order valence-electron chi connectivity index (χ4n) is 1.97. The van der Waals surface area contributed by atoms with Crippen LogP contribution < -0.4 is 4.74 Å². The van der Waals surface area contributed by atoms with E-state index in [2.05, 4.69) is 16.3 Å². The second-order valence-electron chi connectivity index (χ2n) is 4.41. The number of aromatic amines is 1. The smallest absolute Gasteiger partial charge is 0.170 e. The van der Waals surface area contributed by atoms with Crippen LogP contribution in [0.5, 0.6) is 11.5 Å². The summed E-state index contributed by atoms with van der Waals surface area (Å²) in [4.78, 5) is 0. The van der Waals surface area contributed by atoms with Crippen LogP contribution in [0.25, 0.3) is 0 Å². The molecule has 2 rings (SSSR count). The molecule has 0 spiro atoms. The molecule has 4 nitrogen and oxygen atoms in total. The van der Waals surface area contributed by atoms with Crippen molar-refractivity contribution in [2.45, 2.75) is 27.7 Å². The Morgan fingerprint density at radius 3 is 2.22 bits per heavy atom. The molecule has 2 aromatic rings. The van der Waals surface area contributed by atoms with Crippen LogP contribution >= 0.6 is 0 Å². The highest BCUT2D eigenvalue weighted by Crippen LogP contribution is 2.29. The summed E-state index contributed by atoms with van der Waals surface area (Å²) < 4.78 is 5.84. The minimum Gasteiger partial charge on any atom is -0.453 e. The maximum absolute atomic E-state index is 9.03. The molecule has 0 aliphatic carbocycles. The number of nitrogens with zero attached hydrogens (tertiary/aromatic N) is 2. The Balaban J connectivity index is 2.40. The van der Waals surface area contributed by atoms with Crippen molar-refractivity contribution in [1.29, 1.82) is 5.26 Å². The normalized spacial score (nSPS) is 10.2. The van der Waals surface area contributed by atoms with E-state index in [0.717, 1.165) is 34.0 Å². The average molecular weight is 241 g/mol. The van der Waals surface area contributed by atoms with Gasteiger partial charge in [0.15, 0.2) is 5.75 Å². The van der Waals surface area contributed by atoms with E-state index in [0.29, 0.717) is 5.56 Å². The van der Waals surface area contributed by atoms with E-state index in [-0.39, 0.29) is 0 Å². The van der Waals surface area contributed by atoms with Gasteiger partial charge in [0.25, 0.3) is 0 Å². The van der Waals surface area contributed by atoms with Crippen molar-refractivity contribution in [2.24, 2.45) is 0 Å². The third-order valence-electron chi connectivity index (χ3n) is 2.90. The van der Waals surface area contributed by atoms with Crippen LogP contribution in [0.4, 0.5) is 0 Å². The van der Waals surface area contributed by atoms with Gasteiger partial charge in [-0.15, -0.1) is 0 Å². The molecule has 0 amide bonds. The largest absolute Gasteiger partial charge is 0.453 e. The molecule has 0 radical (unpaired) electrons. The van der Waals surface area contributed by atoms with Crippen molar-refractivity contribution in [3.8, 4) is 17.6 Å². The van der Waals surface area contributed by atoms with Crippen molar-refractivity contribution >= 4 is 0 Å². The third-order valence-corrected chi connectivity index (χ3v) is 2.90. The lowest BCUT2D eigenvalue weighted by Crippen LogP contribution is -1.92. The quantitative estimate of drug-likeness (QED) is 0.877. The molecular formula is C14H15N3O. The van der Waals surface area contributed by atoms with Crippen LogP contribution in [0.3, 0.4) is 0 Å². The Labute approximate surface area is 106 Å². The van der Waals surface area contributed by atoms with Crippen molar-refractivity contribution < 1.29 is 4.74 Å². The maximum atomic E-state index is 9.03. The van der Waals surface area contributed by atoms with E-state index in [1.54, 1.807) is 0 Å². The van der Waals surface area contributed by atoms with Gasteiger partial charge in [0.2, 0.25) is 0 Å². The number of aryl methyl sites for hydroxylation is 4. The Bertz CT molecular complexity index is 592. The van der Waals surface area contributed by atoms with E-state index in [1.165, 1.54) is 0 Å². The summed E-state index contributed by atoms with van der Waals surface area (Å²) in [5.41, 5.74) is 4.28. The summed E-state index contributed by atoms with van der Waals surface area (Å²) >= 11 is 0. The maximum Gasteiger partial charge on any atom is 0.170 e. The van der Waals surface area contributed by atoms with Crippen LogP contribution in [-0.2, 0) is 0 Å². The Morgan fingerprint density at radius 2 is 1.78 bits per heavy atom. The molecule has 18 heavy (non-hydrogen) atoms. The highest BCUT2D eigenvalue weighted by molar-refractivity contribution is 5.49. The fraction of sp³-hybridized carbons (Fsp3) is 0.286. The van der Waals surface area contributed by atoms with E-state index >= 15 is 0 Å². The van der Waals surface area contributed by atoms with Gasteiger partial charge < -0.3 is 4.74 Å². The van der Waals surface area contributed by atoms with Crippen LogP contribution in [0.1, 0.15) is 28.1 Å².